The zero-order chi connectivity index (χ0) is 14.0. The maximum Gasteiger partial charge on any atom is 0.321 e. The molecule has 0 aromatic carbocycles. The third-order valence-electron chi connectivity index (χ3n) is 2.49. The number of nitro groups is 1. The molecule has 1 N–H and O–H groups in total. The zero-order valence-corrected chi connectivity index (χ0v) is 12.3. The predicted octanol–water partition coefficient (Wildman–Crippen LogP) is 3.02. The van der Waals surface area contributed by atoms with Crippen LogP contribution in [0.25, 0.3) is 0 Å². The third-order valence-corrected chi connectivity index (χ3v) is 4.04. The van der Waals surface area contributed by atoms with Crippen LogP contribution in [0.3, 0.4) is 0 Å². The van der Waals surface area contributed by atoms with Crippen molar-refractivity contribution in [3.8, 4) is 0 Å². The van der Waals surface area contributed by atoms with Gasteiger partial charge in [0.2, 0.25) is 0 Å². The van der Waals surface area contributed by atoms with Crippen molar-refractivity contribution >= 4 is 39.0 Å². The second-order valence-electron chi connectivity index (χ2n) is 3.93. The molecule has 2 rings (SSSR count). The molecule has 0 radical (unpaired) electrons. The van der Waals surface area contributed by atoms with Gasteiger partial charge in [0.15, 0.2) is 5.69 Å². The summed E-state index contributed by atoms with van der Waals surface area (Å²) in [5.41, 5.74) is 1.22. The molecule has 0 aliphatic carbocycles. The van der Waals surface area contributed by atoms with E-state index in [1.807, 2.05) is 11.4 Å². The van der Waals surface area contributed by atoms with E-state index in [1.54, 1.807) is 18.4 Å². The van der Waals surface area contributed by atoms with Gasteiger partial charge in [-0.05, 0) is 43.9 Å². The molecule has 0 bridgehead atoms. The highest BCUT2D eigenvalue weighted by Crippen LogP contribution is 2.22. The van der Waals surface area contributed by atoms with Crippen molar-refractivity contribution in [2.75, 3.05) is 7.05 Å². The molecule has 19 heavy (non-hydrogen) atoms. The molecule has 1 amide bonds. The van der Waals surface area contributed by atoms with E-state index in [0.717, 1.165) is 9.35 Å². The highest BCUT2D eigenvalue weighted by molar-refractivity contribution is 9.11. The first-order valence-electron chi connectivity index (χ1n) is 5.29. The molecule has 6 nitrogen and oxygen atoms in total. The number of carbonyl (C=O) groups is 1. The Morgan fingerprint density at radius 3 is 2.84 bits per heavy atom. The highest BCUT2D eigenvalue weighted by Gasteiger charge is 2.19. The molecule has 2 aromatic heterocycles. The van der Waals surface area contributed by atoms with E-state index in [-0.39, 0.29) is 17.4 Å². The van der Waals surface area contributed by atoms with Crippen LogP contribution in [0, 0.1) is 10.1 Å². The molecule has 0 saturated heterocycles. The maximum atomic E-state index is 12.1. The Hall–Kier alpha value is -1.67. The summed E-state index contributed by atoms with van der Waals surface area (Å²) in [6.45, 7) is 0.452. The second-order valence-corrected chi connectivity index (χ2v) is 6.23. The molecule has 8 heteroatoms. The van der Waals surface area contributed by atoms with Crippen LogP contribution in [0.15, 0.2) is 27.4 Å². The molecule has 0 aliphatic heterocycles. The van der Waals surface area contributed by atoms with Crippen LogP contribution < -0.4 is 0 Å². The first-order chi connectivity index (χ1) is 8.97. The van der Waals surface area contributed by atoms with Crippen LogP contribution in [0.5, 0.6) is 0 Å². The molecule has 0 saturated carbocycles. The average molecular weight is 344 g/mol. The molecule has 2 heterocycles. The van der Waals surface area contributed by atoms with Crippen molar-refractivity contribution in [3.05, 3.63) is 48.7 Å². The minimum Gasteiger partial charge on any atom is -0.358 e. The SMILES string of the molecule is CN(Cc1csc(Br)c1)C(=O)c1ccc([N+](=O)[O-])[nH]1. The maximum absolute atomic E-state index is 12.1. The molecule has 0 unspecified atom stereocenters. The van der Waals surface area contributed by atoms with Crippen LogP contribution in [0.2, 0.25) is 0 Å². The summed E-state index contributed by atoms with van der Waals surface area (Å²) in [4.78, 5) is 26.0. The van der Waals surface area contributed by atoms with Crippen molar-refractivity contribution in [2.45, 2.75) is 6.54 Å². The van der Waals surface area contributed by atoms with Gasteiger partial charge in [-0.1, -0.05) is 0 Å². The molecule has 0 aliphatic rings. The molecule has 0 atom stereocenters. The molecule has 0 fully saturated rings. The second kappa shape index (κ2) is 5.54. The lowest BCUT2D eigenvalue weighted by atomic mass is 10.3. The lowest BCUT2D eigenvalue weighted by Crippen LogP contribution is -2.26. The molecular weight excluding hydrogens is 334 g/mol. The number of H-pyrrole nitrogens is 1. The van der Waals surface area contributed by atoms with Crippen molar-refractivity contribution in [2.24, 2.45) is 0 Å². The van der Waals surface area contributed by atoms with Gasteiger partial charge in [-0.2, -0.15) is 0 Å². The van der Waals surface area contributed by atoms with Crippen LogP contribution in [0.4, 0.5) is 5.82 Å². The quantitative estimate of drug-likeness (QED) is 0.684. The summed E-state index contributed by atoms with van der Waals surface area (Å²) in [5, 5.41) is 12.5. The first-order valence-corrected chi connectivity index (χ1v) is 6.96. The normalized spacial score (nSPS) is 10.4. The van der Waals surface area contributed by atoms with Crippen molar-refractivity contribution in [1.82, 2.24) is 9.88 Å². The molecule has 0 spiro atoms. The van der Waals surface area contributed by atoms with E-state index in [9.17, 15) is 14.9 Å². The topological polar surface area (TPSA) is 79.2 Å². The lowest BCUT2D eigenvalue weighted by Gasteiger charge is -2.14. The van der Waals surface area contributed by atoms with Gasteiger partial charge in [0.05, 0.1) is 3.79 Å². The number of amides is 1. The number of thiophene rings is 1. The Bertz CT molecular complexity index is 622. The number of hydrogen-bond donors (Lipinski definition) is 1. The first kappa shape index (κ1) is 13.8. The number of rotatable bonds is 4. The van der Waals surface area contributed by atoms with E-state index in [0.29, 0.717) is 6.54 Å². The molecule has 2 aromatic rings. The summed E-state index contributed by atoms with van der Waals surface area (Å²) < 4.78 is 0.999. The summed E-state index contributed by atoms with van der Waals surface area (Å²) in [6, 6.07) is 4.63. The monoisotopic (exact) mass is 343 g/mol. The fourth-order valence-electron chi connectivity index (χ4n) is 1.59. The van der Waals surface area contributed by atoms with Crippen LogP contribution >= 0.6 is 27.3 Å². The Balaban J connectivity index is 2.07. The van der Waals surface area contributed by atoms with E-state index >= 15 is 0 Å². The minimum absolute atomic E-state index is 0.185. The molecular formula is C11H10BrN3O3S. The van der Waals surface area contributed by atoms with Gasteiger partial charge in [0, 0.05) is 19.7 Å². The summed E-state index contributed by atoms with van der Waals surface area (Å²) in [7, 11) is 1.65. The number of halogens is 1. The van der Waals surface area contributed by atoms with E-state index in [1.165, 1.54) is 17.0 Å². The van der Waals surface area contributed by atoms with Crippen molar-refractivity contribution < 1.29 is 9.72 Å². The number of hydrogen-bond acceptors (Lipinski definition) is 4. The Labute approximate surface area is 121 Å². The third kappa shape index (κ3) is 3.21. The van der Waals surface area contributed by atoms with E-state index < -0.39 is 4.92 Å². The predicted molar refractivity (Wildman–Crippen MR) is 75.3 cm³/mol. The van der Waals surface area contributed by atoms with Crippen molar-refractivity contribution in [1.29, 1.82) is 0 Å². The summed E-state index contributed by atoms with van der Waals surface area (Å²) >= 11 is 4.90. The average Bonchev–Trinajstić information content (AvgIpc) is 2.97. The largest absolute Gasteiger partial charge is 0.358 e. The minimum atomic E-state index is -0.563. The summed E-state index contributed by atoms with van der Waals surface area (Å²) in [5.74, 6) is -0.467. The van der Waals surface area contributed by atoms with Crippen LogP contribution in [-0.2, 0) is 6.54 Å². The van der Waals surface area contributed by atoms with Gasteiger partial charge in [-0.15, -0.1) is 11.3 Å². The van der Waals surface area contributed by atoms with Gasteiger partial charge >= 0.3 is 5.82 Å². The Morgan fingerprint density at radius 2 is 2.32 bits per heavy atom. The standard InChI is InChI=1S/C11H10BrN3O3S/c1-14(5-7-4-9(12)19-6-7)11(16)8-2-3-10(13-8)15(17)18/h2-4,6,13H,5H2,1H3. The number of aromatic amines is 1. The Kier molecular flexibility index (Phi) is 4.01. The molecule has 100 valence electrons. The zero-order valence-electron chi connectivity index (χ0n) is 9.92. The van der Waals surface area contributed by atoms with Crippen LogP contribution in [-0.4, -0.2) is 27.8 Å². The van der Waals surface area contributed by atoms with E-state index in [2.05, 4.69) is 20.9 Å². The van der Waals surface area contributed by atoms with E-state index in [4.69, 9.17) is 0 Å². The fourth-order valence-corrected chi connectivity index (χ4v) is 2.80. The van der Waals surface area contributed by atoms with Gasteiger partial charge in [0.25, 0.3) is 5.91 Å². The lowest BCUT2D eigenvalue weighted by molar-refractivity contribution is -0.389. The summed E-state index contributed by atoms with van der Waals surface area (Å²) in [6.07, 6.45) is 0. The van der Waals surface area contributed by atoms with Gasteiger partial charge in [-0.25, -0.2) is 4.98 Å². The van der Waals surface area contributed by atoms with Gasteiger partial charge in [0.1, 0.15) is 0 Å². The van der Waals surface area contributed by atoms with Gasteiger partial charge in [-0.3, -0.25) is 4.79 Å². The van der Waals surface area contributed by atoms with Crippen LogP contribution in [0.1, 0.15) is 16.1 Å². The Morgan fingerprint density at radius 1 is 1.58 bits per heavy atom. The number of nitrogens with one attached hydrogen (secondary N) is 1. The highest BCUT2D eigenvalue weighted by atomic mass is 79.9. The number of aromatic nitrogens is 1. The smallest absolute Gasteiger partial charge is 0.321 e. The fraction of sp³-hybridized carbons (Fsp3) is 0.182. The number of nitrogens with zero attached hydrogens (tertiary/aromatic N) is 2. The number of carbonyl (C=O) groups excluding carboxylic acids is 1. The van der Waals surface area contributed by atoms with Crippen molar-refractivity contribution in [3.63, 3.8) is 0 Å². The van der Waals surface area contributed by atoms with Gasteiger partial charge < -0.3 is 15.0 Å².